The number of ether oxygens (including phenoxy) is 1. The minimum absolute atomic E-state index is 0.437. The van der Waals surface area contributed by atoms with E-state index in [1.807, 2.05) is 43.3 Å². The van der Waals surface area contributed by atoms with Crippen LogP contribution in [0.4, 0.5) is 0 Å². The van der Waals surface area contributed by atoms with Gasteiger partial charge in [0, 0.05) is 21.1 Å². The number of aryl methyl sites for hydroxylation is 1. The average Bonchev–Trinajstić information content (AvgIpc) is 2.33. The van der Waals surface area contributed by atoms with Gasteiger partial charge in [-0.1, -0.05) is 37.9 Å². The molecule has 0 atom stereocenters. The summed E-state index contributed by atoms with van der Waals surface area (Å²) in [5.74, 6) is 1.63. The zero-order valence-corrected chi connectivity index (χ0v) is 13.1. The Balaban J connectivity index is 2.37. The lowest BCUT2D eigenvalue weighted by Crippen LogP contribution is -2.01. The van der Waals surface area contributed by atoms with Crippen molar-refractivity contribution in [3.05, 3.63) is 56.5 Å². The first-order chi connectivity index (χ1) is 8.61. The molecule has 0 heterocycles. The SMILES string of the molecule is Cc1cc(Br)ccc1Oc1cccc(Br)c1CN. The van der Waals surface area contributed by atoms with Gasteiger partial charge in [-0.05, 0) is 42.8 Å². The van der Waals surface area contributed by atoms with Gasteiger partial charge in [-0.25, -0.2) is 0 Å². The quantitative estimate of drug-likeness (QED) is 0.844. The van der Waals surface area contributed by atoms with Crippen LogP contribution in [0.25, 0.3) is 0 Å². The van der Waals surface area contributed by atoms with Crippen LogP contribution in [0.1, 0.15) is 11.1 Å². The van der Waals surface area contributed by atoms with Crippen LogP contribution in [0.5, 0.6) is 11.5 Å². The fourth-order valence-electron chi connectivity index (χ4n) is 1.68. The van der Waals surface area contributed by atoms with Gasteiger partial charge in [0.2, 0.25) is 0 Å². The molecule has 2 nitrogen and oxygen atoms in total. The highest BCUT2D eigenvalue weighted by atomic mass is 79.9. The number of hydrogen-bond acceptors (Lipinski definition) is 2. The Morgan fingerprint density at radius 3 is 2.56 bits per heavy atom. The molecule has 94 valence electrons. The van der Waals surface area contributed by atoms with Crippen molar-refractivity contribution in [1.82, 2.24) is 0 Å². The maximum atomic E-state index is 5.94. The predicted molar refractivity (Wildman–Crippen MR) is 81.0 cm³/mol. The van der Waals surface area contributed by atoms with Gasteiger partial charge < -0.3 is 10.5 Å². The molecule has 0 saturated heterocycles. The Hall–Kier alpha value is -0.840. The first-order valence-electron chi connectivity index (χ1n) is 5.53. The minimum Gasteiger partial charge on any atom is -0.457 e. The van der Waals surface area contributed by atoms with Gasteiger partial charge in [0.15, 0.2) is 0 Å². The molecular weight excluding hydrogens is 358 g/mol. The van der Waals surface area contributed by atoms with Crippen LogP contribution < -0.4 is 10.5 Å². The van der Waals surface area contributed by atoms with Crippen molar-refractivity contribution in [2.75, 3.05) is 0 Å². The molecule has 0 unspecified atom stereocenters. The summed E-state index contributed by atoms with van der Waals surface area (Å²) in [6.45, 7) is 2.45. The number of rotatable bonds is 3. The molecule has 2 aromatic rings. The van der Waals surface area contributed by atoms with Crippen molar-refractivity contribution in [2.45, 2.75) is 13.5 Å². The fraction of sp³-hybridized carbons (Fsp3) is 0.143. The smallest absolute Gasteiger partial charge is 0.133 e. The number of hydrogen-bond donors (Lipinski definition) is 1. The summed E-state index contributed by atoms with van der Waals surface area (Å²) < 4.78 is 7.95. The summed E-state index contributed by atoms with van der Waals surface area (Å²) >= 11 is 6.92. The topological polar surface area (TPSA) is 35.2 Å². The molecule has 0 spiro atoms. The molecule has 0 bridgehead atoms. The van der Waals surface area contributed by atoms with E-state index in [1.54, 1.807) is 0 Å². The third-order valence-electron chi connectivity index (χ3n) is 2.64. The predicted octanol–water partition coefficient (Wildman–Crippen LogP) is 4.77. The van der Waals surface area contributed by atoms with Crippen molar-refractivity contribution in [1.29, 1.82) is 0 Å². The van der Waals surface area contributed by atoms with Gasteiger partial charge in [-0.15, -0.1) is 0 Å². The summed E-state index contributed by atoms with van der Waals surface area (Å²) in [4.78, 5) is 0. The second kappa shape index (κ2) is 5.87. The first kappa shape index (κ1) is 13.6. The standard InChI is InChI=1S/C14H13Br2NO/c1-9-7-10(15)5-6-13(9)18-14-4-2-3-12(16)11(14)8-17/h2-7H,8,17H2,1H3. The fourth-order valence-corrected chi connectivity index (χ4v) is 2.66. The zero-order chi connectivity index (χ0) is 13.1. The van der Waals surface area contributed by atoms with E-state index in [0.29, 0.717) is 6.54 Å². The van der Waals surface area contributed by atoms with Gasteiger partial charge >= 0.3 is 0 Å². The Bertz CT molecular complexity index is 570. The molecule has 0 aliphatic rings. The first-order valence-corrected chi connectivity index (χ1v) is 7.12. The summed E-state index contributed by atoms with van der Waals surface area (Å²) in [5.41, 5.74) is 7.80. The van der Waals surface area contributed by atoms with Crippen LogP contribution in [0, 0.1) is 6.92 Å². The monoisotopic (exact) mass is 369 g/mol. The molecule has 0 saturated carbocycles. The maximum absolute atomic E-state index is 5.94. The van der Waals surface area contributed by atoms with E-state index in [1.165, 1.54) is 0 Å². The summed E-state index contributed by atoms with van der Waals surface area (Å²) in [5, 5.41) is 0. The van der Waals surface area contributed by atoms with Crippen LogP contribution in [-0.4, -0.2) is 0 Å². The van der Waals surface area contributed by atoms with E-state index in [-0.39, 0.29) is 0 Å². The van der Waals surface area contributed by atoms with Crippen LogP contribution in [0.15, 0.2) is 45.3 Å². The van der Waals surface area contributed by atoms with Gasteiger partial charge in [0.25, 0.3) is 0 Å². The van der Waals surface area contributed by atoms with Crippen LogP contribution >= 0.6 is 31.9 Å². The normalized spacial score (nSPS) is 10.4. The van der Waals surface area contributed by atoms with Crippen molar-refractivity contribution >= 4 is 31.9 Å². The largest absolute Gasteiger partial charge is 0.457 e. The van der Waals surface area contributed by atoms with Crippen LogP contribution in [0.3, 0.4) is 0 Å². The van der Waals surface area contributed by atoms with Crippen molar-refractivity contribution < 1.29 is 4.74 Å². The second-order valence-electron chi connectivity index (χ2n) is 3.93. The average molecular weight is 371 g/mol. The number of nitrogens with two attached hydrogens (primary N) is 1. The lowest BCUT2D eigenvalue weighted by Gasteiger charge is -2.13. The van der Waals surface area contributed by atoms with E-state index in [9.17, 15) is 0 Å². The van der Waals surface area contributed by atoms with Crippen molar-refractivity contribution in [3.8, 4) is 11.5 Å². The Morgan fingerprint density at radius 2 is 1.89 bits per heavy atom. The molecule has 18 heavy (non-hydrogen) atoms. The lowest BCUT2D eigenvalue weighted by molar-refractivity contribution is 0.472. The molecule has 0 aliphatic heterocycles. The van der Waals surface area contributed by atoms with Crippen molar-refractivity contribution in [3.63, 3.8) is 0 Å². The van der Waals surface area contributed by atoms with Crippen LogP contribution in [0.2, 0.25) is 0 Å². The molecule has 0 fully saturated rings. The second-order valence-corrected chi connectivity index (χ2v) is 5.70. The molecule has 2 aromatic carbocycles. The summed E-state index contributed by atoms with van der Waals surface area (Å²) in [7, 11) is 0. The molecule has 4 heteroatoms. The van der Waals surface area contributed by atoms with Crippen LogP contribution in [-0.2, 0) is 6.54 Å². The highest BCUT2D eigenvalue weighted by Gasteiger charge is 2.08. The van der Waals surface area contributed by atoms with Gasteiger partial charge in [0.05, 0.1) is 0 Å². The van der Waals surface area contributed by atoms with E-state index >= 15 is 0 Å². The lowest BCUT2D eigenvalue weighted by atomic mass is 10.2. The Kier molecular flexibility index (Phi) is 4.43. The Morgan fingerprint density at radius 1 is 1.11 bits per heavy atom. The molecule has 0 aliphatic carbocycles. The van der Waals surface area contributed by atoms with Gasteiger partial charge in [-0.3, -0.25) is 0 Å². The minimum atomic E-state index is 0.437. The third-order valence-corrected chi connectivity index (χ3v) is 3.87. The molecule has 0 radical (unpaired) electrons. The molecule has 2 N–H and O–H groups in total. The van der Waals surface area contributed by atoms with E-state index in [0.717, 1.165) is 31.6 Å². The molecule has 0 aromatic heterocycles. The summed E-state index contributed by atoms with van der Waals surface area (Å²) in [6, 6.07) is 11.8. The third kappa shape index (κ3) is 2.94. The molecular formula is C14H13Br2NO. The summed E-state index contributed by atoms with van der Waals surface area (Å²) in [6.07, 6.45) is 0. The van der Waals surface area contributed by atoms with Gasteiger partial charge in [-0.2, -0.15) is 0 Å². The molecule has 0 amide bonds. The Labute approximate surface area is 123 Å². The van der Waals surface area contributed by atoms with E-state index < -0.39 is 0 Å². The van der Waals surface area contributed by atoms with Gasteiger partial charge in [0.1, 0.15) is 11.5 Å². The van der Waals surface area contributed by atoms with E-state index in [4.69, 9.17) is 10.5 Å². The highest BCUT2D eigenvalue weighted by molar-refractivity contribution is 9.10. The maximum Gasteiger partial charge on any atom is 0.133 e. The number of benzene rings is 2. The molecule has 2 rings (SSSR count). The van der Waals surface area contributed by atoms with Crippen molar-refractivity contribution in [2.24, 2.45) is 5.73 Å². The zero-order valence-electron chi connectivity index (χ0n) is 9.91. The van der Waals surface area contributed by atoms with E-state index in [2.05, 4.69) is 31.9 Å². The number of halogens is 2. The highest BCUT2D eigenvalue weighted by Crippen LogP contribution is 2.32.